The van der Waals surface area contributed by atoms with Crippen molar-refractivity contribution in [2.24, 2.45) is 0 Å². The lowest BCUT2D eigenvalue weighted by Gasteiger charge is -2.45. The maximum atomic E-state index is 13.6. The van der Waals surface area contributed by atoms with Crippen molar-refractivity contribution >= 4 is 46.7 Å². The normalized spacial score (nSPS) is 19.5. The van der Waals surface area contributed by atoms with Gasteiger partial charge < -0.3 is 14.2 Å². The minimum absolute atomic E-state index is 0.149. The number of nitrogens with zero attached hydrogens (tertiary/aromatic N) is 4. The molecule has 2 aromatic carbocycles. The van der Waals surface area contributed by atoms with E-state index >= 15 is 0 Å². The summed E-state index contributed by atoms with van der Waals surface area (Å²) in [5.74, 6) is -0.381. The average Bonchev–Trinajstić information content (AvgIpc) is 3.30. The third-order valence-electron chi connectivity index (χ3n) is 6.79. The molecule has 1 aliphatic rings. The van der Waals surface area contributed by atoms with Crippen molar-refractivity contribution in [2.45, 2.75) is 18.9 Å². The Hall–Kier alpha value is -3.61. The summed E-state index contributed by atoms with van der Waals surface area (Å²) in [6.45, 7) is 1.81. The minimum atomic E-state index is -0.998. The Morgan fingerprint density at radius 1 is 1.00 bits per heavy atom. The van der Waals surface area contributed by atoms with Crippen molar-refractivity contribution in [3.05, 3.63) is 99.9 Å². The molecule has 2 amide bonds. The number of pyridine rings is 1. The Bertz CT molecular complexity index is 1530. The topological polar surface area (TPSA) is 57.9 Å². The molecule has 1 aliphatic heterocycles. The van der Waals surface area contributed by atoms with Crippen LogP contribution in [0.25, 0.3) is 23.0 Å². The zero-order chi connectivity index (χ0) is 25.6. The number of likely N-dealkylation sites (N-methyl/N-ethyl adjacent to an activating group) is 2. The molecule has 0 aliphatic carbocycles. The van der Waals surface area contributed by atoms with E-state index in [1.165, 1.54) is 4.90 Å². The van der Waals surface area contributed by atoms with Crippen LogP contribution < -0.4 is 0 Å². The smallest absolute Gasteiger partial charge is 0.271 e. The van der Waals surface area contributed by atoms with Crippen molar-refractivity contribution in [3.63, 3.8) is 0 Å². The second-order valence-electron chi connectivity index (χ2n) is 9.14. The molecule has 0 N–H and O–H groups in total. The van der Waals surface area contributed by atoms with E-state index in [2.05, 4.69) is 0 Å². The number of carbonyl (C=O) groups is 2. The molecule has 1 saturated heterocycles. The summed E-state index contributed by atoms with van der Waals surface area (Å²) < 4.78 is 1.87. The Kier molecular flexibility index (Phi) is 6.10. The summed E-state index contributed by atoms with van der Waals surface area (Å²) >= 11 is 12.4. The van der Waals surface area contributed by atoms with E-state index in [9.17, 15) is 9.59 Å². The number of carbonyl (C=O) groups excluding carboxylic acids is 2. The minimum Gasteiger partial charge on any atom is -0.326 e. The predicted molar refractivity (Wildman–Crippen MR) is 143 cm³/mol. The zero-order valence-electron chi connectivity index (χ0n) is 20.1. The SMILES string of the molecule is CN1C(=O)C(C)(Cc2ccccc2)N(C)C(=O)/C1=C/c1cccn2cc(-c3ccc(Cl)cc3Cl)nc12. The van der Waals surface area contributed by atoms with Crippen molar-refractivity contribution in [3.8, 4) is 11.3 Å². The summed E-state index contributed by atoms with van der Waals surface area (Å²) in [6, 6.07) is 18.7. The summed E-state index contributed by atoms with van der Waals surface area (Å²) in [4.78, 5) is 34.9. The van der Waals surface area contributed by atoms with Crippen LogP contribution in [-0.2, 0) is 16.0 Å². The molecular weight excluding hydrogens is 495 g/mol. The van der Waals surface area contributed by atoms with Gasteiger partial charge in [0.1, 0.15) is 16.9 Å². The van der Waals surface area contributed by atoms with Crippen LogP contribution in [0.5, 0.6) is 0 Å². The highest BCUT2D eigenvalue weighted by Crippen LogP contribution is 2.33. The summed E-state index contributed by atoms with van der Waals surface area (Å²) in [5.41, 5.74) is 3.05. The number of piperazine rings is 1. The molecule has 182 valence electrons. The molecule has 0 spiro atoms. The third-order valence-corrected chi connectivity index (χ3v) is 7.34. The van der Waals surface area contributed by atoms with Crippen LogP contribution in [0.4, 0.5) is 0 Å². The maximum Gasteiger partial charge on any atom is 0.271 e. The number of rotatable bonds is 4. The highest BCUT2D eigenvalue weighted by Gasteiger charge is 2.48. The van der Waals surface area contributed by atoms with Gasteiger partial charge in [-0.25, -0.2) is 4.98 Å². The molecule has 0 bridgehead atoms. The molecule has 4 aromatic rings. The number of halogens is 2. The fourth-order valence-corrected chi connectivity index (χ4v) is 5.13. The fraction of sp³-hybridized carbons (Fsp3) is 0.179. The molecule has 6 nitrogen and oxygen atoms in total. The van der Waals surface area contributed by atoms with Crippen molar-refractivity contribution in [1.29, 1.82) is 0 Å². The lowest BCUT2D eigenvalue weighted by Crippen LogP contribution is -2.64. The largest absolute Gasteiger partial charge is 0.326 e. The molecule has 8 heteroatoms. The van der Waals surface area contributed by atoms with Crippen LogP contribution in [0.3, 0.4) is 0 Å². The van der Waals surface area contributed by atoms with Gasteiger partial charge in [0.2, 0.25) is 0 Å². The molecule has 1 atom stereocenters. The lowest BCUT2D eigenvalue weighted by atomic mass is 9.87. The Morgan fingerprint density at radius 3 is 2.47 bits per heavy atom. The molecular formula is C28H24Cl2N4O2. The van der Waals surface area contributed by atoms with E-state index in [0.717, 1.165) is 11.1 Å². The van der Waals surface area contributed by atoms with E-state index in [4.69, 9.17) is 28.2 Å². The van der Waals surface area contributed by atoms with Gasteiger partial charge in [-0.2, -0.15) is 0 Å². The summed E-state index contributed by atoms with van der Waals surface area (Å²) in [5, 5.41) is 1.04. The molecule has 1 unspecified atom stereocenters. The Morgan fingerprint density at radius 2 is 1.75 bits per heavy atom. The Labute approximate surface area is 219 Å². The standard InChI is InChI=1S/C28H24Cl2N4O2/c1-28(16-18-8-5-4-6-9-18)27(36)32(2)24(26(35)33(28)3)14-19-10-7-13-34-17-23(31-25(19)34)21-12-11-20(29)15-22(21)30/h4-15,17H,16H2,1-3H3/b24-14-. The molecule has 3 heterocycles. The van der Waals surface area contributed by atoms with E-state index in [1.54, 1.807) is 37.2 Å². The number of hydrogen-bond acceptors (Lipinski definition) is 3. The van der Waals surface area contributed by atoms with Gasteiger partial charge in [0, 0.05) is 49.1 Å². The average molecular weight is 519 g/mol. The van der Waals surface area contributed by atoms with E-state index in [1.807, 2.05) is 72.2 Å². The van der Waals surface area contributed by atoms with Crippen LogP contribution in [0.1, 0.15) is 18.1 Å². The zero-order valence-corrected chi connectivity index (χ0v) is 21.6. The van der Waals surface area contributed by atoms with Crippen molar-refractivity contribution < 1.29 is 9.59 Å². The van der Waals surface area contributed by atoms with Gasteiger partial charge in [-0.3, -0.25) is 9.59 Å². The predicted octanol–water partition coefficient (Wildman–Crippen LogP) is 5.58. The second kappa shape index (κ2) is 9.12. The van der Waals surface area contributed by atoms with Crippen LogP contribution in [0.2, 0.25) is 10.0 Å². The van der Waals surface area contributed by atoms with Crippen molar-refractivity contribution in [2.75, 3.05) is 14.1 Å². The number of benzene rings is 2. The first-order chi connectivity index (χ1) is 17.2. The van der Waals surface area contributed by atoms with Crippen molar-refractivity contribution in [1.82, 2.24) is 19.2 Å². The fourth-order valence-electron chi connectivity index (χ4n) is 4.62. The van der Waals surface area contributed by atoms with Crippen LogP contribution in [0, 0.1) is 0 Å². The second-order valence-corrected chi connectivity index (χ2v) is 9.98. The number of fused-ring (bicyclic) bond motifs is 1. The number of amides is 2. The van der Waals surface area contributed by atoms with Gasteiger partial charge in [0.25, 0.3) is 11.8 Å². The monoisotopic (exact) mass is 518 g/mol. The van der Waals surface area contributed by atoms with Crippen LogP contribution >= 0.6 is 23.2 Å². The summed E-state index contributed by atoms with van der Waals surface area (Å²) in [6.07, 6.45) is 5.88. The maximum absolute atomic E-state index is 13.6. The highest BCUT2D eigenvalue weighted by molar-refractivity contribution is 6.36. The van der Waals surface area contributed by atoms with Crippen LogP contribution in [0.15, 0.2) is 78.8 Å². The van der Waals surface area contributed by atoms with E-state index in [0.29, 0.717) is 33.4 Å². The van der Waals surface area contributed by atoms with Crippen LogP contribution in [-0.4, -0.2) is 50.6 Å². The Balaban J connectivity index is 1.53. The number of hydrogen-bond donors (Lipinski definition) is 0. The van der Waals surface area contributed by atoms with Gasteiger partial charge in [-0.05, 0) is 48.9 Å². The number of imidazole rings is 1. The molecule has 0 radical (unpaired) electrons. The molecule has 2 aromatic heterocycles. The summed E-state index contributed by atoms with van der Waals surface area (Å²) in [7, 11) is 3.33. The molecule has 1 fully saturated rings. The van der Waals surface area contributed by atoms with E-state index < -0.39 is 5.54 Å². The van der Waals surface area contributed by atoms with Gasteiger partial charge >= 0.3 is 0 Å². The molecule has 0 saturated carbocycles. The van der Waals surface area contributed by atoms with Gasteiger partial charge in [-0.15, -0.1) is 0 Å². The first-order valence-electron chi connectivity index (χ1n) is 11.4. The van der Waals surface area contributed by atoms with Gasteiger partial charge in [0.05, 0.1) is 10.7 Å². The highest BCUT2D eigenvalue weighted by atomic mass is 35.5. The van der Waals surface area contributed by atoms with Gasteiger partial charge in [0.15, 0.2) is 0 Å². The first-order valence-corrected chi connectivity index (χ1v) is 12.2. The lowest BCUT2D eigenvalue weighted by molar-refractivity contribution is -0.155. The molecule has 5 rings (SSSR count). The van der Waals surface area contributed by atoms with Gasteiger partial charge in [-0.1, -0.05) is 53.5 Å². The third kappa shape index (κ3) is 4.06. The molecule has 36 heavy (non-hydrogen) atoms. The quantitative estimate of drug-likeness (QED) is 0.331. The number of aromatic nitrogens is 2. The van der Waals surface area contributed by atoms with E-state index in [-0.39, 0.29) is 17.5 Å². The first kappa shape index (κ1) is 24.1.